The van der Waals surface area contributed by atoms with Gasteiger partial charge in [-0.25, -0.2) is 0 Å². The Morgan fingerprint density at radius 3 is 1.53 bits per heavy atom. The molecule has 7 heteroatoms. The predicted molar refractivity (Wildman–Crippen MR) is 208 cm³/mol. The van der Waals surface area contributed by atoms with E-state index in [0.717, 1.165) is 51.4 Å². The molecule has 0 spiro atoms. The summed E-state index contributed by atoms with van der Waals surface area (Å²) in [5.41, 5.74) is -1.59. The quantitative estimate of drug-likeness (QED) is 0.208. The van der Waals surface area contributed by atoms with Crippen molar-refractivity contribution in [2.45, 2.75) is 157 Å². The van der Waals surface area contributed by atoms with Crippen molar-refractivity contribution in [3.05, 3.63) is 0 Å². The number of aliphatic hydroxyl groups excluding tert-OH is 1. The topological polar surface area (TPSA) is 91.3 Å². The monoisotopic (exact) mass is 737 g/mol. The van der Waals surface area contributed by atoms with Gasteiger partial charge >= 0.3 is 0 Å². The average Bonchev–Trinajstić information content (AvgIpc) is 3.73. The zero-order valence-electron chi connectivity index (χ0n) is 35.0. The minimum Gasteiger partial charge on any atom is -0.393 e. The fraction of sp³-hybridized carbons (Fsp3) is 0.870. The summed E-state index contributed by atoms with van der Waals surface area (Å²) >= 11 is 0. The number of terminal acetylenes is 2. The van der Waals surface area contributed by atoms with E-state index < -0.39 is 16.9 Å². The number of ether oxygens (including phenoxy) is 4. The largest absolute Gasteiger partial charge is 0.393 e. The van der Waals surface area contributed by atoms with Crippen molar-refractivity contribution in [3.8, 4) is 24.7 Å². The van der Waals surface area contributed by atoms with Crippen LogP contribution in [0.5, 0.6) is 0 Å². The Morgan fingerprint density at radius 1 is 0.679 bits per heavy atom. The number of carbonyl (C=O) groups excluding carboxylic acids is 2. The lowest BCUT2D eigenvalue weighted by molar-refractivity contribution is -0.219. The molecule has 6 saturated carbocycles. The molecule has 0 aliphatic heterocycles. The van der Waals surface area contributed by atoms with Crippen LogP contribution in [0, 0.1) is 92.7 Å². The highest BCUT2D eigenvalue weighted by atomic mass is 16.7. The summed E-state index contributed by atoms with van der Waals surface area (Å²) in [6.07, 6.45) is 21.4. The van der Waals surface area contributed by atoms with E-state index in [1.165, 1.54) is 0 Å². The zero-order valence-corrected chi connectivity index (χ0v) is 35.0. The van der Waals surface area contributed by atoms with Gasteiger partial charge in [-0.2, -0.15) is 0 Å². The lowest BCUT2D eigenvalue weighted by Gasteiger charge is -2.62. The van der Waals surface area contributed by atoms with Gasteiger partial charge in [0.2, 0.25) is 0 Å². The molecule has 0 saturated heterocycles. The lowest BCUT2D eigenvalue weighted by atomic mass is 9.44. The maximum Gasteiger partial charge on any atom is 0.146 e. The molecule has 6 fully saturated rings. The van der Waals surface area contributed by atoms with Gasteiger partial charge in [0, 0.05) is 67.7 Å². The average molecular weight is 737 g/mol. The molecule has 0 aromatic rings. The molecule has 7 nitrogen and oxygen atoms in total. The van der Waals surface area contributed by atoms with Crippen LogP contribution in [0.3, 0.4) is 0 Å². The van der Waals surface area contributed by atoms with Gasteiger partial charge in [0.15, 0.2) is 0 Å². The summed E-state index contributed by atoms with van der Waals surface area (Å²) in [5.74, 6) is 7.46. The first-order chi connectivity index (χ1) is 24.9. The van der Waals surface area contributed by atoms with Crippen molar-refractivity contribution in [1.82, 2.24) is 0 Å². The highest BCUT2D eigenvalue weighted by Gasteiger charge is 2.69. The van der Waals surface area contributed by atoms with Gasteiger partial charge in [0.05, 0.1) is 24.4 Å². The summed E-state index contributed by atoms with van der Waals surface area (Å²) < 4.78 is 23.6. The van der Waals surface area contributed by atoms with Crippen molar-refractivity contribution in [2.75, 3.05) is 28.1 Å². The third-order valence-corrected chi connectivity index (χ3v) is 17.7. The summed E-state index contributed by atoms with van der Waals surface area (Å²) in [4.78, 5) is 27.4. The number of carbonyl (C=O) groups is 2. The minimum atomic E-state index is -0.630. The Kier molecular flexibility index (Phi) is 12.2. The summed E-state index contributed by atoms with van der Waals surface area (Å²) in [6, 6.07) is 0. The van der Waals surface area contributed by atoms with Crippen LogP contribution in [-0.4, -0.2) is 69.2 Å². The molecular formula is C46H72O7. The van der Waals surface area contributed by atoms with Crippen LogP contribution in [0.25, 0.3) is 0 Å². The molecule has 6 aliphatic carbocycles. The number of ketones is 2. The van der Waals surface area contributed by atoms with E-state index in [9.17, 15) is 14.7 Å². The van der Waals surface area contributed by atoms with Crippen molar-refractivity contribution < 1.29 is 33.6 Å². The molecule has 1 N–H and O–H groups in total. The van der Waals surface area contributed by atoms with E-state index in [-0.39, 0.29) is 70.3 Å². The molecule has 298 valence electrons. The van der Waals surface area contributed by atoms with Crippen LogP contribution in [0.15, 0.2) is 0 Å². The summed E-state index contributed by atoms with van der Waals surface area (Å²) in [7, 11) is 5.26. The number of rotatable bonds is 7. The molecule has 4 unspecified atom stereocenters. The first-order valence-corrected chi connectivity index (χ1v) is 20.7. The highest BCUT2D eigenvalue weighted by molar-refractivity contribution is 5.88. The summed E-state index contributed by atoms with van der Waals surface area (Å²) in [5, 5.41) is 11.4. The van der Waals surface area contributed by atoms with Crippen LogP contribution < -0.4 is 0 Å². The van der Waals surface area contributed by atoms with Gasteiger partial charge < -0.3 is 24.1 Å². The van der Waals surface area contributed by atoms with Crippen LogP contribution >= 0.6 is 0 Å². The molecule has 0 heterocycles. The van der Waals surface area contributed by atoms with Crippen LogP contribution in [0.2, 0.25) is 0 Å². The molecular weight excluding hydrogens is 664 g/mol. The maximum atomic E-state index is 13.8. The SMILES string of the molecule is C#CC[C@]1(C)C[C@@H](O)[C@@]2(C)C3[C@H](OC)CCC3(CC[C@H]2C)[C@@H](C)C1=O.C#CC[C@]1(C)C[C@@H](OCOC)[C@@]2(C)C3[C@H](OC)CCC3(CC[C@H]2C)[C@@H](C)C1=O. The van der Waals surface area contributed by atoms with E-state index in [1.54, 1.807) is 14.2 Å². The molecule has 0 aromatic heterocycles. The standard InChI is InChI=1S/C24H38O4.C22H34O3/c1-8-11-22(4)14-19(28-15-26-6)23(5)16(2)9-12-24(17(3)21(22)25)13-10-18(27-7)20(23)24;1-7-10-20(4)13-17(23)21(5)14(2)8-11-22(15(3)19(20)24)12-9-16(25-6)18(21)22/h1,16-20H,9-15H2,2-7H3;1,14-18,23H,8-13H2,2-6H3/t16-,17+,18-,19-,20?,22-,23+,24?;14-,15+,16-,17-,18?,20-,21+,22?/m11/s1. The van der Waals surface area contributed by atoms with Gasteiger partial charge in [-0.3, -0.25) is 9.59 Å². The number of Topliss-reactive ketones (excluding diaryl/α,β-unsaturated/α-hetero) is 2. The second kappa shape index (κ2) is 15.3. The predicted octanol–water partition coefficient (Wildman–Crippen LogP) is 8.30. The Bertz CT molecular complexity index is 1450. The number of hydrogen-bond acceptors (Lipinski definition) is 7. The third-order valence-electron chi connectivity index (χ3n) is 17.7. The Labute approximate surface area is 322 Å². The zero-order chi connectivity index (χ0) is 39.4. The second-order valence-electron chi connectivity index (χ2n) is 19.7. The molecule has 53 heavy (non-hydrogen) atoms. The molecule has 0 amide bonds. The van der Waals surface area contributed by atoms with Crippen LogP contribution in [0.4, 0.5) is 0 Å². The van der Waals surface area contributed by atoms with Crippen molar-refractivity contribution in [2.24, 2.45) is 68.0 Å². The number of aliphatic hydroxyl groups is 1. The maximum absolute atomic E-state index is 13.8. The number of hydrogen-bond donors (Lipinski definition) is 1. The molecule has 6 aliphatic rings. The minimum absolute atomic E-state index is 0.00815. The molecule has 16 atom stereocenters. The fourth-order valence-corrected chi connectivity index (χ4v) is 14.2. The third kappa shape index (κ3) is 6.30. The van der Waals surface area contributed by atoms with E-state index in [0.29, 0.717) is 49.2 Å². The smallest absolute Gasteiger partial charge is 0.146 e. The van der Waals surface area contributed by atoms with E-state index in [2.05, 4.69) is 60.3 Å². The van der Waals surface area contributed by atoms with E-state index in [1.807, 2.05) is 14.0 Å². The first kappa shape index (κ1) is 42.4. The highest BCUT2D eigenvalue weighted by Crippen LogP contribution is 2.70. The molecule has 4 bridgehead atoms. The van der Waals surface area contributed by atoms with Crippen LogP contribution in [-0.2, 0) is 28.5 Å². The van der Waals surface area contributed by atoms with Gasteiger partial charge in [0.1, 0.15) is 18.4 Å². The first-order valence-electron chi connectivity index (χ1n) is 20.7. The Morgan fingerprint density at radius 2 is 1.09 bits per heavy atom. The van der Waals surface area contributed by atoms with Gasteiger partial charge in [0.25, 0.3) is 0 Å². The normalized spacial score (nSPS) is 50.5. The van der Waals surface area contributed by atoms with Gasteiger partial charge in [-0.15, -0.1) is 24.7 Å². The number of methoxy groups -OCH3 is 3. The molecule has 6 rings (SSSR count). The van der Waals surface area contributed by atoms with Crippen molar-refractivity contribution >= 4 is 11.6 Å². The molecule has 0 aromatic carbocycles. The lowest BCUT2D eigenvalue weighted by Crippen LogP contribution is -2.62. The summed E-state index contributed by atoms with van der Waals surface area (Å²) in [6.45, 7) is 17.8. The van der Waals surface area contributed by atoms with Gasteiger partial charge in [-0.05, 0) is 98.7 Å². The Hall–Kier alpha value is -1.74. The van der Waals surface area contributed by atoms with Crippen molar-refractivity contribution in [1.29, 1.82) is 0 Å². The fourth-order valence-electron chi connectivity index (χ4n) is 14.2. The van der Waals surface area contributed by atoms with Crippen molar-refractivity contribution in [3.63, 3.8) is 0 Å². The second-order valence-corrected chi connectivity index (χ2v) is 19.7. The molecule has 0 radical (unpaired) electrons. The van der Waals surface area contributed by atoms with E-state index in [4.69, 9.17) is 31.8 Å². The van der Waals surface area contributed by atoms with Crippen LogP contribution in [0.1, 0.15) is 132 Å². The van der Waals surface area contributed by atoms with E-state index >= 15 is 0 Å². The van der Waals surface area contributed by atoms with Gasteiger partial charge in [-0.1, -0.05) is 55.4 Å². The Balaban J connectivity index is 0.000000206.